The predicted octanol–water partition coefficient (Wildman–Crippen LogP) is 2.11. The monoisotopic (exact) mass is 196 g/mol. The molecule has 0 aliphatic carbocycles. The van der Waals surface area contributed by atoms with Crippen LogP contribution in [0.4, 0.5) is 0 Å². The molecule has 0 bridgehead atoms. The van der Waals surface area contributed by atoms with Crippen LogP contribution >= 0.6 is 0 Å². The second kappa shape index (κ2) is 4.98. The second-order valence-electron chi connectivity index (χ2n) is 3.16. The third kappa shape index (κ3) is 2.25. The fourth-order valence-corrected chi connectivity index (χ4v) is 1.42. The van der Waals surface area contributed by atoms with E-state index in [0.29, 0.717) is 0 Å². The van der Waals surface area contributed by atoms with E-state index >= 15 is 0 Å². The van der Waals surface area contributed by atoms with Crippen molar-refractivity contribution in [3.8, 4) is 5.75 Å². The van der Waals surface area contributed by atoms with Gasteiger partial charge in [0, 0.05) is 19.8 Å². The summed E-state index contributed by atoms with van der Waals surface area (Å²) in [6, 6.07) is 7.12. The van der Waals surface area contributed by atoms with Gasteiger partial charge in [-0.1, -0.05) is 18.2 Å². The summed E-state index contributed by atoms with van der Waals surface area (Å²) in [6.45, 7) is 1.90. The van der Waals surface area contributed by atoms with Crippen LogP contribution in [-0.2, 0) is 9.47 Å². The molecular weight excluding hydrogens is 180 g/mol. The number of methoxy groups -OCH3 is 2. The van der Waals surface area contributed by atoms with Crippen LogP contribution in [-0.4, -0.2) is 25.4 Å². The Balaban J connectivity index is 2.94. The van der Waals surface area contributed by atoms with Gasteiger partial charge in [-0.3, -0.25) is 0 Å². The number of hydrogen-bond donors (Lipinski definition) is 1. The van der Waals surface area contributed by atoms with Gasteiger partial charge in [-0.15, -0.1) is 0 Å². The molecular formula is C11H16O3. The largest absolute Gasteiger partial charge is 0.508 e. The maximum absolute atomic E-state index is 9.62. The zero-order chi connectivity index (χ0) is 10.6. The predicted molar refractivity (Wildman–Crippen MR) is 54.3 cm³/mol. The number of phenols is 1. The van der Waals surface area contributed by atoms with Gasteiger partial charge < -0.3 is 14.6 Å². The van der Waals surface area contributed by atoms with Gasteiger partial charge in [-0.25, -0.2) is 0 Å². The Labute approximate surface area is 84.3 Å². The maximum atomic E-state index is 9.62. The van der Waals surface area contributed by atoms with Crippen molar-refractivity contribution < 1.29 is 14.6 Å². The maximum Gasteiger partial charge on any atom is 0.121 e. The Morgan fingerprint density at radius 3 is 2.29 bits per heavy atom. The first-order valence-electron chi connectivity index (χ1n) is 4.54. The molecule has 1 aromatic carbocycles. The van der Waals surface area contributed by atoms with E-state index in [1.807, 2.05) is 19.1 Å². The Morgan fingerprint density at radius 2 is 1.79 bits per heavy atom. The molecule has 3 heteroatoms. The summed E-state index contributed by atoms with van der Waals surface area (Å²) >= 11 is 0. The number of benzene rings is 1. The van der Waals surface area contributed by atoms with E-state index in [4.69, 9.17) is 9.47 Å². The molecule has 3 nitrogen and oxygen atoms in total. The minimum absolute atomic E-state index is 0.0895. The summed E-state index contributed by atoms with van der Waals surface area (Å²) in [6.07, 6.45) is -0.325. The van der Waals surface area contributed by atoms with Gasteiger partial charge in [-0.05, 0) is 13.0 Å². The van der Waals surface area contributed by atoms with Gasteiger partial charge in [0.05, 0.1) is 6.10 Å². The highest BCUT2D eigenvalue weighted by atomic mass is 16.5. The molecule has 0 spiro atoms. The van der Waals surface area contributed by atoms with Gasteiger partial charge in [-0.2, -0.15) is 0 Å². The molecule has 2 unspecified atom stereocenters. The highest BCUT2D eigenvalue weighted by Gasteiger charge is 2.20. The molecule has 0 fully saturated rings. The van der Waals surface area contributed by atoms with Crippen molar-refractivity contribution in [1.29, 1.82) is 0 Å². The molecule has 0 aliphatic heterocycles. The smallest absolute Gasteiger partial charge is 0.121 e. The first-order valence-corrected chi connectivity index (χ1v) is 4.54. The van der Waals surface area contributed by atoms with Gasteiger partial charge in [0.1, 0.15) is 11.9 Å². The van der Waals surface area contributed by atoms with E-state index in [-0.39, 0.29) is 18.0 Å². The van der Waals surface area contributed by atoms with Crippen molar-refractivity contribution in [2.24, 2.45) is 0 Å². The summed E-state index contributed by atoms with van der Waals surface area (Å²) in [5.74, 6) is 0.239. The quantitative estimate of drug-likeness (QED) is 0.801. The second-order valence-corrected chi connectivity index (χ2v) is 3.16. The summed E-state index contributed by atoms with van der Waals surface area (Å²) in [7, 11) is 3.23. The number of aromatic hydroxyl groups is 1. The van der Waals surface area contributed by atoms with E-state index in [9.17, 15) is 5.11 Å². The average Bonchev–Trinajstić information content (AvgIpc) is 2.21. The topological polar surface area (TPSA) is 38.7 Å². The van der Waals surface area contributed by atoms with Crippen LogP contribution in [0.1, 0.15) is 18.6 Å². The lowest BCUT2D eigenvalue weighted by molar-refractivity contribution is -0.0287. The molecule has 0 amide bonds. The molecule has 2 atom stereocenters. The van der Waals surface area contributed by atoms with E-state index in [2.05, 4.69) is 0 Å². The summed E-state index contributed by atoms with van der Waals surface area (Å²) in [5.41, 5.74) is 0.754. The Hall–Kier alpha value is -1.06. The number of hydrogen-bond acceptors (Lipinski definition) is 3. The highest BCUT2D eigenvalue weighted by Crippen LogP contribution is 2.29. The zero-order valence-electron chi connectivity index (χ0n) is 8.73. The molecule has 78 valence electrons. The average molecular weight is 196 g/mol. The third-order valence-electron chi connectivity index (χ3n) is 2.30. The molecule has 0 aliphatic rings. The SMILES string of the molecule is COC(C)C(OC)c1ccccc1O. The molecule has 1 aromatic rings. The fourth-order valence-electron chi connectivity index (χ4n) is 1.42. The van der Waals surface area contributed by atoms with Crippen molar-refractivity contribution in [3.05, 3.63) is 29.8 Å². The number of para-hydroxylation sites is 1. The van der Waals surface area contributed by atoms with Crippen molar-refractivity contribution in [1.82, 2.24) is 0 Å². The van der Waals surface area contributed by atoms with Crippen LogP contribution in [0.3, 0.4) is 0 Å². The molecule has 1 N–H and O–H groups in total. The minimum atomic E-state index is -0.235. The molecule has 1 rings (SSSR count). The van der Waals surface area contributed by atoms with Crippen LogP contribution < -0.4 is 0 Å². The van der Waals surface area contributed by atoms with E-state index < -0.39 is 0 Å². The lowest BCUT2D eigenvalue weighted by Gasteiger charge is -2.22. The standard InChI is InChI=1S/C11H16O3/c1-8(13-2)11(14-3)9-6-4-5-7-10(9)12/h4-8,11-12H,1-3H3. The molecule has 0 heterocycles. The Bertz CT molecular complexity index is 286. The number of ether oxygens (including phenoxy) is 2. The summed E-state index contributed by atoms with van der Waals surface area (Å²) < 4.78 is 10.5. The first kappa shape index (κ1) is 11.0. The highest BCUT2D eigenvalue weighted by molar-refractivity contribution is 5.34. The van der Waals surface area contributed by atoms with Gasteiger partial charge in [0.25, 0.3) is 0 Å². The number of phenolic OH excluding ortho intramolecular Hbond substituents is 1. The molecule has 14 heavy (non-hydrogen) atoms. The minimum Gasteiger partial charge on any atom is -0.508 e. The van der Waals surface area contributed by atoms with Crippen LogP contribution in [0.25, 0.3) is 0 Å². The van der Waals surface area contributed by atoms with Crippen LogP contribution in [0.5, 0.6) is 5.75 Å². The van der Waals surface area contributed by atoms with E-state index in [1.165, 1.54) is 0 Å². The fraction of sp³-hybridized carbons (Fsp3) is 0.455. The van der Waals surface area contributed by atoms with Gasteiger partial charge in [0.2, 0.25) is 0 Å². The normalized spacial score (nSPS) is 15.1. The van der Waals surface area contributed by atoms with Crippen LogP contribution in [0, 0.1) is 0 Å². The van der Waals surface area contributed by atoms with Crippen molar-refractivity contribution in [2.75, 3.05) is 14.2 Å². The number of rotatable bonds is 4. The third-order valence-corrected chi connectivity index (χ3v) is 2.30. The Kier molecular flexibility index (Phi) is 3.92. The van der Waals surface area contributed by atoms with Crippen LogP contribution in [0.2, 0.25) is 0 Å². The first-order chi connectivity index (χ1) is 6.70. The van der Waals surface area contributed by atoms with Crippen molar-refractivity contribution >= 4 is 0 Å². The van der Waals surface area contributed by atoms with E-state index in [1.54, 1.807) is 26.4 Å². The molecule has 0 saturated heterocycles. The van der Waals surface area contributed by atoms with Gasteiger partial charge >= 0.3 is 0 Å². The lowest BCUT2D eigenvalue weighted by atomic mass is 10.0. The van der Waals surface area contributed by atoms with Crippen molar-refractivity contribution in [2.45, 2.75) is 19.1 Å². The van der Waals surface area contributed by atoms with E-state index in [0.717, 1.165) is 5.56 Å². The molecule has 0 saturated carbocycles. The summed E-state index contributed by atoms with van der Waals surface area (Å²) in [5, 5.41) is 9.62. The zero-order valence-corrected chi connectivity index (χ0v) is 8.73. The van der Waals surface area contributed by atoms with Crippen LogP contribution in [0.15, 0.2) is 24.3 Å². The lowest BCUT2D eigenvalue weighted by Crippen LogP contribution is -2.19. The van der Waals surface area contributed by atoms with Gasteiger partial charge in [0.15, 0.2) is 0 Å². The van der Waals surface area contributed by atoms with Crippen molar-refractivity contribution in [3.63, 3.8) is 0 Å². The molecule has 0 aromatic heterocycles. The Morgan fingerprint density at radius 1 is 1.14 bits per heavy atom. The molecule has 0 radical (unpaired) electrons. The summed E-state index contributed by atoms with van der Waals surface area (Å²) in [4.78, 5) is 0.